The van der Waals surface area contributed by atoms with Gasteiger partial charge >= 0.3 is 6.09 Å². The summed E-state index contributed by atoms with van der Waals surface area (Å²) in [4.78, 5) is 11.1. The molecule has 1 aliphatic rings. The fraction of sp³-hybridized carbons (Fsp3) is 0.381. The molecule has 0 aromatic heterocycles. The molecule has 0 saturated carbocycles. The number of amides is 1. The number of carboxylic acid groups (broad SMARTS) is 1. The lowest BCUT2D eigenvalue weighted by molar-refractivity contribution is 0.175. The molecular formula is C21H25NO2. The van der Waals surface area contributed by atoms with Crippen molar-refractivity contribution in [2.45, 2.75) is 46.1 Å². The molecule has 1 amide bonds. The lowest BCUT2D eigenvalue weighted by Crippen LogP contribution is -2.34. The van der Waals surface area contributed by atoms with Crippen LogP contribution in [0.5, 0.6) is 0 Å². The summed E-state index contributed by atoms with van der Waals surface area (Å²) in [6.45, 7) is 8.64. The summed E-state index contributed by atoms with van der Waals surface area (Å²) in [5.41, 5.74) is 5.98. The summed E-state index contributed by atoms with van der Waals surface area (Å²) in [6.07, 6.45) is -0.0833. The molecule has 0 spiro atoms. The Hall–Kier alpha value is -2.29. The van der Waals surface area contributed by atoms with E-state index in [1.165, 1.54) is 22.3 Å². The fourth-order valence-corrected chi connectivity index (χ4v) is 3.71. The van der Waals surface area contributed by atoms with Crippen LogP contribution in [-0.2, 0) is 6.42 Å². The van der Waals surface area contributed by atoms with Gasteiger partial charge in [0.2, 0.25) is 0 Å². The number of rotatable bonds is 3. The van der Waals surface area contributed by atoms with Crippen molar-refractivity contribution in [2.24, 2.45) is 5.41 Å². The Labute approximate surface area is 143 Å². The van der Waals surface area contributed by atoms with Crippen LogP contribution in [0.1, 0.15) is 56.3 Å². The van der Waals surface area contributed by atoms with Gasteiger partial charge in [0.05, 0.1) is 6.04 Å². The van der Waals surface area contributed by atoms with Crippen molar-refractivity contribution in [2.75, 3.05) is 0 Å². The van der Waals surface area contributed by atoms with Gasteiger partial charge in [-0.3, -0.25) is 0 Å². The quantitative estimate of drug-likeness (QED) is 0.798. The van der Waals surface area contributed by atoms with Crippen molar-refractivity contribution in [1.29, 1.82) is 0 Å². The van der Waals surface area contributed by atoms with Crippen LogP contribution in [0.4, 0.5) is 4.79 Å². The zero-order chi connectivity index (χ0) is 17.5. The molecule has 0 heterocycles. The second kappa shape index (κ2) is 5.97. The van der Waals surface area contributed by atoms with Crippen LogP contribution in [0.25, 0.3) is 11.1 Å². The molecule has 0 radical (unpaired) electrons. The van der Waals surface area contributed by atoms with Crippen LogP contribution < -0.4 is 5.32 Å². The van der Waals surface area contributed by atoms with E-state index in [1.54, 1.807) is 0 Å². The Kier molecular flexibility index (Phi) is 4.12. The van der Waals surface area contributed by atoms with Crippen molar-refractivity contribution in [3.05, 3.63) is 59.2 Å². The van der Waals surface area contributed by atoms with Crippen LogP contribution in [0, 0.1) is 5.41 Å². The van der Waals surface area contributed by atoms with E-state index < -0.39 is 6.09 Å². The molecule has 0 fully saturated rings. The Morgan fingerprint density at radius 1 is 1.17 bits per heavy atom. The average molecular weight is 323 g/mol. The maximum absolute atomic E-state index is 11.1. The lowest BCUT2D eigenvalue weighted by atomic mass is 9.85. The van der Waals surface area contributed by atoms with Crippen LogP contribution in [0.3, 0.4) is 0 Å². The monoisotopic (exact) mass is 323 g/mol. The van der Waals surface area contributed by atoms with Crippen molar-refractivity contribution in [3.63, 3.8) is 0 Å². The van der Waals surface area contributed by atoms with E-state index in [2.05, 4.69) is 75.5 Å². The smallest absolute Gasteiger partial charge is 0.405 e. The van der Waals surface area contributed by atoms with Gasteiger partial charge in [-0.15, -0.1) is 0 Å². The molecule has 0 aliphatic heterocycles. The van der Waals surface area contributed by atoms with E-state index >= 15 is 0 Å². The number of nitrogens with one attached hydrogen (secondary N) is 1. The first-order valence-corrected chi connectivity index (χ1v) is 8.50. The third-order valence-corrected chi connectivity index (χ3v) is 5.04. The van der Waals surface area contributed by atoms with Gasteiger partial charge in [-0.25, -0.2) is 4.79 Å². The predicted octanol–water partition coefficient (Wildman–Crippen LogP) is 5.37. The molecule has 1 aliphatic carbocycles. The van der Waals surface area contributed by atoms with Crippen LogP contribution >= 0.6 is 0 Å². The van der Waals surface area contributed by atoms with E-state index in [4.69, 9.17) is 5.11 Å². The second-order valence-electron chi connectivity index (χ2n) is 7.74. The molecule has 3 rings (SSSR count). The maximum atomic E-state index is 11.1. The van der Waals surface area contributed by atoms with E-state index in [0.29, 0.717) is 5.92 Å². The zero-order valence-corrected chi connectivity index (χ0v) is 14.8. The number of hydrogen-bond acceptors (Lipinski definition) is 1. The third kappa shape index (κ3) is 3.03. The van der Waals surface area contributed by atoms with Gasteiger partial charge in [0.15, 0.2) is 0 Å². The highest BCUT2D eigenvalue weighted by molar-refractivity contribution is 5.69. The molecule has 2 aromatic rings. The first-order valence-electron chi connectivity index (χ1n) is 8.50. The first-order chi connectivity index (χ1) is 11.3. The topological polar surface area (TPSA) is 49.3 Å². The Morgan fingerprint density at radius 3 is 2.54 bits per heavy atom. The van der Waals surface area contributed by atoms with E-state index in [-0.39, 0.29) is 11.5 Å². The van der Waals surface area contributed by atoms with Crippen molar-refractivity contribution in [3.8, 4) is 11.1 Å². The molecule has 2 N–H and O–H groups in total. The van der Waals surface area contributed by atoms with Gasteiger partial charge in [0, 0.05) is 0 Å². The summed E-state index contributed by atoms with van der Waals surface area (Å²) in [5.74, 6) is 0.502. The summed E-state index contributed by atoms with van der Waals surface area (Å²) < 4.78 is 0. The van der Waals surface area contributed by atoms with Crippen molar-refractivity contribution in [1.82, 2.24) is 5.32 Å². The molecule has 1 unspecified atom stereocenters. The third-order valence-electron chi connectivity index (χ3n) is 5.04. The van der Waals surface area contributed by atoms with E-state index in [1.807, 2.05) is 0 Å². The molecule has 0 bridgehead atoms. The molecule has 3 heteroatoms. The Morgan fingerprint density at radius 2 is 1.88 bits per heavy atom. The largest absolute Gasteiger partial charge is 0.465 e. The van der Waals surface area contributed by atoms with Gasteiger partial charge in [-0.1, -0.05) is 70.2 Å². The van der Waals surface area contributed by atoms with Crippen LogP contribution in [-0.4, -0.2) is 11.2 Å². The SMILES string of the molecule is CC(C)c1cccc(-c2ccc3c(c2)CC(C)(C)C3NC(=O)O)c1. The minimum atomic E-state index is -0.963. The van der Waals surface area contributed by atoms with Gasteiger partial charge in [-0.2, -0.15) is 0 Å². The molecule has 3 nitrogen and oxygen atoms in total. The minimum absolute atomic E-state index is 0.112. The molecule has 24 heavy (non-hydrogen) atoms. The van der Waals surface area contributed by atoms with Gasteiger partial charge in [0.1, 0.15) is 0 Å². The number of benzene rings is 2. The highest BCUT2D eigenvalue weighted by Crippen LogP contribution is 2.46. The van der Waals surface area contributed by atoms with Crippen LogP contribution in [0.2, 0.25) is 0 Å². The number of carbonyl (C=O) groups is 1. The highest BCUT2D eigenvalue weighted by Gasteiger charge is 2.39. The van der Waals surface area contributed by atoms with Crippen molar-refractivity contribution >= 4 is 6.09 Å². The lowest BCUT2D eigenvalue weighted by Gasteiger charge is -2.27. The van der Waals surface area contributed by atoms with E-state index in [0.717, 1.165) is 12.0 Å². The average Bonchev–Trinajstić information content (AvgIpc) is 2.76. The number of fused-ring (bicyclic) bond motifs is 1. The molecule has 0 saturated heterocycles. The first kappa shape index (κ1) is 16.6. The molecule has 1 atom stereocenters. The molecule has 126 valence electrons. The Bertz CT molecular complexity index is 777. The second-order valence-corrected chi connectivity index (χ2v) is 7.74. The summed E-state index contributed by atoms with van der Waals surface area (Å²) in [5, 5.41) is 11.8. The summed E-state index contributed by atoms with van der Waals surface area (Å²) in [6, 6.07) is 14.9. The molecular weight excluding hydrogens is 298 g/mol. The normalized spacial score (nSPS) is 18.5. The Balaban J connectivity index is 1.99. The minimum Gasteiger partial charge on any atom is -0.465 e. The van der Waals surface area contributed by atoms with Crippen molar-refractivity contribution < 1.29 is 9.90 Å². The molecule has 2 aromatic carbocycles. The zero-order valence-electron chi connectivity index (χ0n) is 14.8. The van der Waals surface area contributed by atoms with E-state index in [9.17, 15) is 4.79 Å². The van der Waals surface area contributed by atoms with Gasteiger partial charge in [0.25, 0.3) is 0 Å². The van der Waals surface area contributed by atoms with Gasteiger partial charge < -0.3 is 10.4 Å². The van der Waals surface area contributed by atoms with Crippen LogP contribution in [0.15, 0.2) is 42.5 Å². The predicted molar refractivity (Wildman–Crippen MR) is 97.4 cm³/mol. The maximum Gasteiger partial charge on any atom is 0.405 e. The van der Waals surface area contributed by atoms with Gasteiger partial charge in [-0.05, 0) is 45.6 Å². The highest BCUT2D eigenvalue weighted by atomic mass is 16.4. The number of hydrogen-bond donors (Lipinski definition) is 2. The standard InChI is InChI=1S/C21H25NO2/c1-13(2)14-6-5-7-15(10-14)16-8-9-18-17(11-16)12-21(3,4)19(18)22-20(23)24/h5-11,13,19,22H,12H2,1-4H3,(H,23,24). The summed E-state index contributed by atoms with van der Waals surface area (Å²) in [7, 11) is 0. The fourth-order valence-electron chi connectivity index (χ4n) is 3.71. The summed E-state index contributed by atoms with van der Waals surface area (Å²) >= 11 is 0.